The fraction of sp³-hybridized carbons (Fsp3) is 0.350. The highest BCUT2D eigenvalue weighted by Crippen LogP contribution is 2.25. The first-order chi connectivity index (χ1) is 11.6. The summed E-state index contributed by atoms with van der Waals surface area (Å²) in [6.45, 7) is 2.00. The van der Waals surface area contributed by atoms with E-state index in [0.29, 0.717) is 6.10 Å². The Labute approximate surface area is 143 Å². The first kappa shape index (κ1) is 16.5. The number of aryl methyl sites for hydroxylation is 1. The lowest BCUT2D eigenvalue weighted by Crippen LogP contribution is -2.27. The Hall–Kier alpha value is -2.33. The van der Waals surface area contributed by atoms with Gasteiger partial charge < -0.3 is 15.8 Å². The molecule has 0 aromatic heterocycles. The third kappa shape index (κ3) is 4.15. The summed E-state index contributed by atoms with van der Waals surface area (Å²) in [4.78, 5) is 12.3. The van der Waals surface area contributed by atoms with Gasteiger partial charge in [-0.3, -0.25) is 4.79 Å². The normalized spacial score (nSPS) is 15.9. The number of anilines is 1. The van der Waals surface area contributed by atoms with E-state index in [1.807, 2.05) is 55.5 Å². The molecule has 2 aromatic carbocycles. The molecule has 1 unspecified atom stereocenters. The largest absolute Gasteiger partial charge is 0.490 e. The summed E-state index contributed by atoms with van der Waals surface area (Å²) in [7, 11) is 0. The van der Waals surface area contributed by atoms with Crippen LogP contribution in [0.4, 0.5) is 5.69 Å². The maximum absolute atomic E-state index is 12.3. The van der Waals surface area contributed by atoms with Crippen LogP contribution in [0.5, 0.6) is 5.75 Å². The summed E-state index contributed by atoms with van der Waals surface area (Å²) < 4.78 is 5.93. The van der Waals surface area contributed by atoms with E-state index in [0.717, 1.165) is 35.4 Å². The lowest BCUT2D eigenvalue weighted by atomic mass is 10.1. The summed E-state index contributed by atoms with van der Waals surface area (Å²) in [5.41, 5.74) is 8.71. The molecule has 0 heterocycles. The van der Waals surface area contributed by atoms with E-state index < -0.39 is 6.04 Å². The molecule has 3 rings (SSSR count). The standard InChI is InChI=1S/C20H24N2O2/c1-14-6-8-15(9-7-14)19(21)20(23)22-16-10-12-18(13-11-16)24-17-4-2-3-5-17/h6-13,17,19H,2-5,21H2,1H3,(H,22,23). The van der Waals surface area contributed by atoms with Crippen molar-refractivity contribution in [2.24, 2.45) is 5.73 Å². The highest BCUT2D eigenvalue weighted by Gasteiger charge is 2.17. The first-order valence-electron chi connectivity index (χ1n) is 8.51. The van der Waals surface area contributed by atoms with Crippen LogP contribution in [-0.2, 0) is 4.79 Å². The number of amides is 1. The van der Waals surface area contributed by atoms with E-state index >= 15 is 0 Å². The Kier molecular flexibility index (Phi) is 5.16. The summed E-state index contributed by atoms with van der Waals surface area (Å²) in [5.74, 6) is 0.631. The zero-order chi connectivity index (χ0) is 16.9. The van der Waals surface area contributed by atoms with Gasteiger partial charge in [0, 0.05) is 5.69 Å². The molecule has 1 aliphatic carbocycles. The molecule has 24 heavy (non-hydrogen) atoms. The minimum absolute atomic E-state index is 0.219. The van der Waals surface area contributed by atoms with Crippen LogP contribution in [0.25, 0.3) is 0 Å². The van der Waals surface area contributed by atoms with E-state index in [1.54, 1.807) is 0 Å². The van der Waals surface area contributed by atoms with Crippen molar-refractivity contribution < 1.29 is 9.53 Å². The molecule has 4 heteroatoms. The maximum Gasteiger partial charge on any atom is 0.245 e. The third-order valence-electron chi connectivity index (χ3n) is 4.45. The van der Waals surface area contributed by atoms with Crippen LogP contribution < -0.4 is 15.8 Å². The first-order valence-corrected chi connectivity index (χ1v) is 8.51. The zero-order valence-corrected chi connectivity index (χ0v) is 14.0. The SMILES string of the molecule is Cc1ccc(C(N)C(=O)Nc2ccc(OC3CCCC3)cc2)cc1. The van der Waals surface area contributed by atoms with Gasteiger partial charge in [0.2, 0.25) is 5.91 Å². The number of carbonyl (C=O) groups is 1. The lowest BCUT2D eigenvalue weighted by molar-refractivity contribution is -0.117. The van der Waals surface area contributed by atoms with Crippen LogP contribution in [0, 0.1) is 6.92 Å². The lowest BCUT2D eigenvalue weighted by Gasteiger charge is -2.15. The molecule has 0 aliphatic heterocycles. The Morgan fingerprint density at radius 3 is 2.33 bits per heavy atom. The van der Waals surface area contributed by atoms with E-state index in [2.05, 4.69) is 5.32 Å². The average molecular weight is 324 g/mol. The second-order valence-electron chi connectivity index (χ2n) is 6.43. The number of benzene rings is 2. The molecule has 3 N–H and O–H groups in total. The Balaban J connectivity index is 1.58. The molecular weight excluding hydrogens is 300 g/mol. The molecule has 1 saturated carbocycles. The molecule has 1 fully saturated rings. The molecular formula is C20H24N2O2. The van der Waals surface area contributed by atoms with Crippen molar-refractivity contribution in [1.29, 1.82) is 0 Å². The van der Waals surface area contributed by atoms with E-state index in [4.69, 9.17) is 10.5 Å². The van der Waals surface area contributed by atoms with Crippen molar-refractivity contribution in [2.75, 3.05) is 5.32 Å². The van der Waals surface area contributed by atoms with Crippen LogP contribution in [0.2, 0.25) is 0 Å². The molecule has 126 valence electrons. The van der Waals surface area contributed by atoms with Gasteiger partial charge in [0.1, 0.15) is 11.8 Å². The second kappa shape index (κ2) is 7.49. The van der Waals surface area contributed by atoms with Gasteiger partial charge in [-0.2, -0.15) is 0 Å². The number of carbonyl (C=O) groups excluding carboxylic acids is 1. The molecule has 1 atom stereocenters. The Morgan fingerprint density at radius 1 is 1.08 bits per heavy atom. The zero-order valence-electron chi connectivity index (χ0n) is 14.0. The topological polar surface area (TPSA) is 64.4 Å². The molecule has 1 amide bonds. The smallest absolute Gasteiger partial charge is 0.245 e. The predicted octanol–water partition coefficient (Wildman–Crippen LogP) is 3.95. The molecule has 0 bridgehead atoms. The minimum atomic E-state index is -0.681. The fourth-order valence-corrected chi connectivity index (χ4v) is 2.96. The van der Waals surface area contributed by atoms with Gasteiger partial charge in [0.05, 0.1) is 6.10 Å². The molecule has 0 radical (unpaired) electrons. The Morgan fingerprint density at radius 2 is 1.71 bits per heavy atom. The van der Waals surface area contributed by atoms with Crippen molar-refractivity contribution >= 4 is 11.6 Å². The van der Waals surface area contributed by atoms with Gasteiger partial charge in [0.15, 0.2) is 0 Å². The van der Waals surface area contributed by atoms with Crippen molar-refractivity contribution in [2.45, 2.75) is 44.8 Å². The van der Waals surface area contributed by atoms with Gasteiger partial charge in [-0.05, 0) is 62.4 Å². The van der Waals surface area contributed by atoms with Gasteiger partial charge in [-0.25, -0.2) is 0 Å². The quantitative estimate of drug-likeness (QED) is 0.875. The number of rotatable bonds is 5. The van der Waals surface area contributed by atoms with Gasteiger partial charge in [-0.1, -0.05) is 29.8 Å². The number of nitrogens with two attached hydrogens (primary N) is 1. The number of hydrogen-bond donors (Lipinski definition) is 2. The van der Waals surface area contributed by atoms with E-state index in [1.165, 1.54) is 12.8 Å². The molecule has 4 nitrogen and oxygen atoms in total. The number of ether oxygens (including phenoxy) is 1. The van der Waals surface area contributed by atoms with Crippen molar-refractivity contribution in [1.82, 2.24) is 0 Å². The summed E-state index contributed by atoms with van der Waals surface area (Å²) in [6, 6.07) is 14.5. The highest BCUT2D eigenvalue weighted by atomic mass is 16.5. The maximum atomic E-state index is 12.3. The van der Waals surface area contributed by atoms with E-state index in [-0.39, 0.29) is 5.91 Å². The van der Waals surface area contributed by atoms with Crippen LogP contribution >= 0.6 is 0 Å². The number of hydrogen-bond acceptors (Lipinski definition) is 3. The second-order valence-corrected chi connectivity index (χ2v) is 6.43. The molecule has 2 aromatic rings. The average Bonchev–Trinajstić information content (AvgIpc) is 3.09. The predicted molar refractivity (Wildman–Crippen MR) is 96.1 cm³/mol. The molecule has 1 aliphatic rings. The molecule has 0 spiro atoms. The highest BCUT2D eigenvalue weighted by molar-refractivity contribution is 5.95. The van der Waals surface area contributed by atoms with Crippen molar-refractivity contribution in [3.63, 3.8) is 0 Å². The summed E-state index contributed by atoms with van der Waals surface area (Å²) in [5, 5.41) is 2.86. The van der Waals surface area contributed by atoms with Gasteiger partial charge >= 0.3 is 0 Å². The number of nitrogens with one attached hydrogen (secondary N) is 1. The van der Waals surface area contributed by atoms with Gasteiger partial charge in [0.25, 0.3) is 0 Å². The van der Waals surface area contributed by atoms with Crippen LogP contribution in [0.15, 0.2) is 48.5 Å². The van der Waals surface area contributed by atoms with Crippen LogP contribution in [0.1, 0.15) is 42.9 Å². The molecule has 0 saturated heterocycles. The fourth-order valence-electron chi connectivity index (χ4n) is 2.96. The summed E-state index contributed by atoms with van der Waals surface area (Å²) in [6.07, 6.45) is 5.08. The van der Waals surface area contributed by atoms with Crippen LogP contribution in [-0.4, -0.2) is 12.0 Å². The third-order valence-corrected chi connectivity index (χ3v) is 4.45. The van der Waals surface area contributed by atoms with Crippen molar-refractivity contribution in [3.8, 4) is 5.75 Å². The monoisotopic (exact) mass is 324 g/mol. The minimum Gasteiger partial charge on any atom is -0.490 e. The van der Waals surface area contributed by atoms with Crippen LogP contribution in [0.3, 0.4) is 0 Å². The van der Waals surface area contributed by atoms with Gasteiger partial charge in [-0.15, -0.1) is 0 Å². The van der Waals surface area contributed by atoms with Crippen molar-refractivity contribution in [3.05, 3.63) is 59.7 Å². The Bertz CT molecular complexity index is 674. The summed E-state index contributed by atoms with van der Waals surface area (Å²) >= 11 is 0. The van der Waals surface area contributed by atoms with E-state index in [9.17, 15) is 4.79 Å².